The Labute approximate surface area is 500 Å². The first-order valence-corrected chi connectivity index (χ1v) is 29.8. The van der Waals surface area contributed by atoms with Crippen LogP contribution in [0.15, 0.2) is 84.9 Å². The maximum atomic E-state index is 14.6. The third-order valence-electron chi connectivity index (χ3n) is 13.3. The van der Waals surface area contributed by atoms with E-state index in [2.05, 4.69) is 47.9 Å². The number of hydrogen-bond donors (Lipinski definition) is 14. The lowest BCUT2D eigenvalue weighted by molar-refractivity contribution is -0.141. The van der Waals surface area contributed by atoms with Gasteiger partial charge in [-0.1, -0.05) is 86.6 Å². The van der Waals surface area contributed by atoms with Crippen molar-refractivity contribution in [3.63, 3.8) is 0 Å². The number of benzene rings is 3. The summed E-state index contributed by atoms with van der Waals surface area (Å²) in [7, 11) is 0. The molecule has 0 unspecified atom stereocenters. The van der Waals surface area contributed by atoms with Gasteiger partial charge in [-0.3, -0.25) is 47.9 Å². The lowest BCUT2D eigenvalue weighted by atomic mass is 10.0. The number of carbonyl (C=O) groups excluding carboxylic acids is 10. The van der Waals surface area contributed by atoms with Gasteiger partial charge >= 0.3 is 5.97 Å². The second-order valence-electron chi connectivity index (χ2n) is 21.1. The molecule has 0 heterocycles. The number of carboxylic acids is 1. The van der Waals surface area contributed by atoms with Gasteiger partial charge in [-0.05, 0) is 118 Å². The summed E-state index contributed by atoms with van der Waals surface area (Å²) in [6.07, 6.45) is 3.22. The van der Waals surface area contributed by atoms with Gasteiger partial charge in [0.1, 0.15) is 54.3 Å². The molecule has 3 rings (SSSR count). The SMILES string of the molecule is CSCC[C@@H](C=O)NC(=O)[C@H](CC(C)C)NC(=O)CNC(=O)[C@H](Cc1ccc(O)cc1)NC(=O)[C@H](Cc1ccccc1)NC(=O)[C@H](CCCCN)NC(=O)[C@H](CC(=O)O)NC(=O)[C@H](Cc1ccccc1)NC(=O)[C@H](CCCCN)NC(=O)[C@H](C)N. The minimum Gasteiger partial charge on any atom is -0.508 e. The smallest absolute Gasteiger partial charge is 0.305 e. The molecule has 0 saturated carbocycles. The Morgan fingerprint density at radius 1 is 0.506 bits per heavy atom. The Morgan fingerprint density at radius 3 is 1.35 bits per heavy atom. The molecule has 9 amide bonds. The summed E-state index contributed by atoms with van der Waals surface area (Å²) in [6, 6.07) is 11.2. The molecule has 26 heteroatoms. The van der Waals surface area contributed by atoms with Crippen LogP contribution in [-0.2, 0) is 72.0 Å². The van der Waals surface area contributed by atoms with E-state index in [4.69, 9.17) is 17.2 Å². The minimum atomic E-state index is -1.84. The van der Waals surface area contributed by atoms with Gasteiger partial charge < -0.3 is 80.1 Å². The van der Waals surface area contributed by atoms with Crippen LogP contribution in [-0.4, -0.2) is 162 Å². The number of nitrogens with two attached hydrogens (primary N) is 3. The molecule has 0 radical (unpaired) electrons. The van der Waals surface area contributed by atoms with Gasteiger partial charge in [-0.15, -0.1) is 0 Å². The van der Waals surface area contributed by atoms with Crippen LogP contribution < -0.4 is 65.1 Å². The van der Waals surface area contributed by atoms with E-state index in [0.29, 0.717) is 61.0 Å². The largest absolute Gasteiger partial charge is 0.508 e. The number of carboxylic acid groups (broad SMARTS) is 1. The van der Waals surface area contributed by atoms with E-state index < -0.39 is 126 Å². The maximum absolute atomic E-state index is 14.6. The quantitative estimate of drug-likeness (QED) is 0.0252. The standard InChI is InChI=1S/C59H86N12O13S/c1-36(2)29-45(56(81)64-41(35-72)25-28-85-4)65-50(74)34-63-53(78)46(32-40-21-23-42(73)24-22-40)68-57(82)47(30-38-15-7-5-8-16-38)70-55(80)44(20-12-14-27-61)67-59(84)49(33-51(75)76)71-58(83)48(31-39-17-9-6-10-18-39)69-54(79)43(19-11-13-26-60)66-52(77)37(3)62/h5-10,15-18,21-24,35-37,41,43-49,73H,11-14,19-20,25-34,60-62H2,1-4H3,(H,63,78)(H,64,81)(H,65,74)(H,66,77)(H,67,84)(H,68,82)(H,69,79)(H,70,80)(H,71,83)(H,75,76)/t37-,41-,43-,44-,45-,46-,47-,48-,49-/m0/s1. The number of amides is 9. The highest BCUT2D eigenvalue weighted by atomic mass is 32.2. The molecular formula is C59H86N12O13S. The number of carbonyl (C=O) groups is 11. The Kier molecular flexibility index (Phi) is 32.6. The summed E-state index contributed by atoms with van der Waals surface area (Å²) in [5.74, 6) is -8.49. The van der Waals surface area contributed by atoms with E-state index >= 15 is 0 Å². The summed E-state index contributed by atoms with van der Waals surface area (Å²) in [5.41, 5.74) is 18.9. The summed E-state index contributed by atoms with van der Waals surface area (Å²) in [5, 5.41) is 43.5. The van der Waals surface area contributed by atoms with Crippen molar-refractivity contribution in [3.05, 3.63) is 102 Å². The van der Waals surface area contributed by atoms with Crippen molar-refractivity contribution in [2.24, 2.45) is 23.1 Å². The zero-order valence-electron chi connectivity index (χ0n) is 48.8. The van der Waals surface area contributed by atoms with Crippen molar-refractivity contribution in [2.45, 2.75) is 152 Å². The third kappa shape index (κ3) is 27.5. The molecule has 17 N–H and O–H groups in total. The highest BCUT2D eigenvalue weighted by molar-refractivity contribution is 7.98. The predicted octanol–water partition coefficient (Wildman–Crippen LogP) is -0.507. The molecule has 0 aliphatic carbocycles. The number of hydrogen-bond acceptors (Lipinski definition) is 16. The van der Waals surface area contributed by atoms with Crippen LogP contribution in [0.4, 0.5) is 0 Å². The van der Waals surface area contributed by atoms with E-state index in [1.807, 2.05) is 20.1 Å². The molecule has 0 fully saturated rings. The second kappa shape index (κ2) is 38.8. The zero-order chi connectivity index (χ0) is 62.8. The highest BCUT2D eigenvalue weighted by Crippen LogP contribution is 2.15. The van der Waals surface area contributed by atoms with Gasteiger partial charge in [-0.2, -0.15) is 11.8 Å². The van der Waals surface area contributed by atoms with E-state index in [-0.39, 0.29) is 63.2 Å². The number of phenols is 1. The lowest BCUT2D eigenvalue weighted by Gasteiger charge is -2.28. The topological polar surface area (TPSA) is 415 Å². The number of unbranched alkanes of at least 4 members (excludes halogenated alkanes) is 2. The fraction of sp³-hybridized carbons (Fsp3) is 0.508. The number of aliphatic carboxylic acids is 1. The van der Waals surface area contributed by atoms with E-state index in [1.54, 1.807) is 60.7 Å². The van der Waals surface area contributed by atoms with Crippen molar-refractivity contribution in [3.8, 4) is 5.75 Å². The molecule has 9 atom stereocenters. The molecule has 3 aromatic rings. The molecule has 0 saturated heterocycles. The van der Waals surface area contributed by atoms with Crippen LogP contribution in [0.3, 0.4) is 0 Å². The van der Waals surface area contributed by atoms with Gasteiger partial charge in [0.25, 0.3) is 0 Å². The first-order valence-electron chi connectivity index (χ1n) is 28.4. The molecule has 85 heavy (non-hydrogen) atoms. The van der Waals surface area contributed by atoms with Crippen molar-refractivity contribution < 1.29 is 63.0 Å². The second-order valence-corrected chi connectivity index (χ2v) is 22.1. The molecule has 25 nitrogen and oxygen atoms in total. The molecule has 0 aromatic heterocycles. The fourth-order valence-electron chi connectivity index (χ4n) is 8.71. The predicted molar refractivity (Wildman–Crippen MR) is 321 cm³/mol. The summed E-state index contributed by atoms with van der Waals surface area (Å²) in [6.45, 7) is 4.98. The van der Waals surface area contributed by atoms with Gasteiger partial charge in [-0.25, -0.2) is 0 Å². The van der Waals surface area contributed by atoms with Crippen LogP contribution in [0.25, 0.3) is 0 Å². The Balaban J connectivity index is 1.96. The van der Waals surface area contributed by atoms with E-state index in [1.165, 1.54) is 43.0 Å². The number of phenolic OH excluding ortho intramolecular Hbond substituents is 1. The van der Waals surface area contributed by atoms with Gasteiger partial charge in [0.2, 0.25) is 53.2 Å². The number of nitrogens with one attached hydrogen (secondary N) is 9. The lowest BCUT2D eigenvalue weighted by Crippen LogP contribution is -2.60. The number of rotatable bonds is 40. The fourth-order valence-corrected chi connectivity index (χ4v) is 9.20. The Hall–Kier alpha value is -7.94. The van der Waals surface area contributed by atoms with Gasteiger partial charge in [0.05, 0.1) is 25.0 Å². The monoisotopic (exact) mass is 1200 g/mol. The van der Waals surface area contributed by atoms with Crippen LogP contribution in [0.1, 0.15) is 95.2 Å². The Bertz CT molecular complexity index is 2640. The molecule has 0 spiro atoms. The summed E-state index contributed by atoms with van der Waals surface area (Å²) >= 11 is 1.50. The minimum absolute atomic E-state index is 0.0633. The number of thioether (sulfide) groups is 1. The Morgan fingerprint density at radius 2 is 0.918 bits per heavy atom. The maximum Gasteiger partial charge on any atom is 0.305 e. The van der Waals surface area contributed by atoms with Gasteiger partial charge in [0.15, 0.2) is 0 Å². The molecule has 3 aromatic carbocycles. The molecule has 0 aliphatic rings. The average molecular weight is 1200 g/mol. The van der Waals surface area contributed by atoms with E-state index in [0.717, 1.165) is 0 Å². The first-order chi connectivity index (χ1) is 40.6. The zero-order valence-corrected chi connectivity index (χ0v) is 49.6. The van der Waals surface area contributed by atoms with Crippen molar-refractivity contribution in [1.29, 1.82) is 0 Å². The van der Waals surface area contributed by atoms with Crippen molar-refractivity contribution in [1.82, 2.24) is 47.9 Å². The van der Waals surface area contributed by atoms with Gasteiger partial charge in [0, 0.05) is 19.3 Å². The van der Waals surface area contributed by atoms with E-state index in [9.17, 15) is 63.0 Å². The van der Waals surface area contributed by atoms with Crippen molar-refractivity contribution >= 4 is 77.2 Å². The summed E-state index contributed by atoms with van der Waals surface area (Å²) in [4.78, 5) is 149. The summed E-state index contributed by atoms with van der Waals surface area (Å²) < 4.78 is 0. The van der Waals surface area contributed by atoms with Crippen molar-refractivity contribution in [2.75, 3.05) is 31.6 Å². The first kappa shape index (κ1) is 71.3. The number of aromatic hydroxyl groups is 1. The third-order valence-corrected chi connectivity index (χ3v) is 14.0. The van der Waals surface area contributed by atoms with Crippen LogP contribution in [0, 0.1) is 5.92 Å². The molecular weight excluding hydrogens is 1120 g/mol. The molecule has 0 aliphatic heterocycles. The molecule has 466 valence electrons. The number of aldehydes is 1. The van der Waals surface area contributed by atoms with Crippen LogP contribution in [0.2, 0.25) is 0 Å². The average Bonchev–Trinajstić information content (AvgIpc) is 3.57. The van der Waals surface area contributed by atoms with Crippen LogP contribution in [0.5, 0.6) is 5.75 Å². The molecule has 0 bridgehead atoms. The van der Waals surface area contributed by atoms with Crippen LogP contribution >= 0.6 is 11.8 Å². The normalized spacial score (nSPS) is 14.2. The highest BCUT2D eigenvalue weighted by Gasteiger charge is 2.35.